The van der Waals surface area contributed by atoms with Gasteiger partial charge in [0.1, 0.15) is 0 Å². The molecule has 12 heavy (non-hydrogen) atoms. The molecule has 66 valence electrons. The van der Waals surface area contributed by atoms with Crippen LogP contribution in [0.5, 0.6) is 0 Å². The summed E-state index contributed by atoms with van der Waals surface area (Å²) in [6.07, 6.45) is 4.65. The first-order valence-corrected chi connectivity index (χ1v) is 4.23. The average molecular weight is 165 g/mol. The maximum Gasteiger partial charge on any atom is 0.0390 e. The molecule has 0 aliphatic rings. The Labute approximate surface area is 73.0 Å². The van der Waals surface area contributed by atoms with Crippen molar-refractivity contribution < 1.29 is 0 Å². The van der Waals surface area contributed by atoms with Crippen molar-refractivity contribution in [1.82, 2.24) is 10.3 Å². The third-order valence-electron chi connectivity index (χ3n) is 1.68. The fraction of sp³-hybridized carbons (Fsp3) is 0.444. The summed E-state index contributed by atoms with van der Waals surface area (Å²) in [5, 5.41) is 3.27. The highest BCUT2D eigenvalue weighted by Gasteiger charge is 1.95. The Morgan fingerprint density at radius 3 is 3.08 bits per heavy atom. The van der Waals surface area contributed by atoms with Crippen LogP contribution in [0.15, 0.2) is 18.5 Å². The van der Waals surface area contributed by atoms with Crippen LogP contribution in [-0.4, -0.2) is 11.5 Å². The number of hydrogen-bond donors (Lipinski definition) is 2. The molecule has 0 bridgehead atoms. The van der Waals surface area contributed by atoms with Gasteiger partial charge < -0.3 is 11.1 Å². The van der Waals surface area contributed by atoms with E-state index in [1.54, 1.807) is 12.4 Å². The van der Waals surface area contributed by atoms with Crippen molar-refractivity contribution in [2.24, 2.45) is 0 Å². The molecule has 3 nitrogen and oxygen atoms in total. The predicted molar refractivity (Wildman–Crippen MR) is 50.6 cm³/mol. The van der Waals surface area contributed by atoms with Gasteiger partial charge in [-0.15, -0.1) is 0 Å². The summed E-state index contributed by atoms with van der Waals surface area (Å²) in [4.78, 5) is 4.00. The molecule has 1 rings (SSSR count). The summed E-state index contributed by atoms with van der Waals surface area (Å²) in [5.41, 5.74) is 7.61. The lowest BCUT2D eigenvalue weighted by Crippen LogP contribution is -2.15. The van der Waals surface area contributed by atoms with Crippen LogP contribution in [-0.2, 0) is 6.54 Å². The first kappa shape index (κ1) is 9.00. The number of hydrogen-bond acceptors (Lipinski definition) is 3. The summed E-state index contributed by atoms with van der Waals surface area (Å²) in [6, 6.07) is 1.82. The van der Waals surface area contributed by atoms with Crippen LogP contribution >= 0.6 is 0 Å². The summed E-state index contributed by atoms with van der Waals surface area (Å²) < 4.78 is 0. The first-order valence-electron chi connectivity index (χ1n) is 4.23. The molecular weight excluding hydrogens is 150 g/mol. The monoisotopic (exact) mass is 165 g/mol. The molecule has 0 aromatic carbocycles. The Kier molecular flexibility index (Phi) is 3.54. The summed E-state index contributed by atoms with van der Waals surface area (Å²) in [7, 11) is 0. The molecule has 0 spiro atoms. The fourth-order valence-electron chi connectivity index (χ4n) is 0.985. The Bertz CT molecular complexity index is 235. The van der Waals surface area contributed by atoms with Gasteiger partial charge >= 0.3 is 0 Å². The number of aromatic nitrogens is 1. The summed E-state index contributed by atoms with van der Waals surface area (Å²) >= 11 is 0. The van der Waals surface area contributed by atoms with E-state index in [0.29, 0.717) is 0 Å². The van der Waals surface area contributed by atoms with Crippen LogP contribution in [0.3, 0.4) is 0 Å². The minimum Gasteiger partial charge on any atom is -0.398 e. The van der Waals surface area contributed by atoms with Gasteiger partial charge in [-0.3, -0.25) is 4.98 Å². The van der Waals surface area contributed by atoms with E-state index >= 15 is 0 Å². The van der Waals surface area contributed by atoms with Crippen LogP contribution in [0.25, 0.3) is 0 Å². The highest BCUT2D eigenvalue weighted by atomic mass is 14.9. The number of rotatable bonds is 4. The quantitative estimate of drug-likeness (QED) is 0.658. The van der Waals surface area contributed by atoms with Gasteiger partial charge in [-0.1, -0.05) is 6.92 Å². The maximum atomic E-state index is 5.72. The van der Waals surface area contributed by atoms with E-state index in [-0.39, 0.29) is 0 Å². The van der Waals surface area contributed by atoms with Crippen molar-refractivity contribution in [2.75, 3.05) is 12.3 Å². The van der Waals surface area contributed by atoms with Crippen molar-refractivity contribution in [2.45, 2.75) is 19.9 Å². The Morgan fingerprint density at radius 1 is 1.58 bits per heavy atom. The molecule has 0 saturated carbocycles. The van der Waals surface area contributed by atoms with Crippen molar-refractivity contribution in [3.05, 3.63) is 24.0 Å². The lowest BCUT2D eigenvalue weighted by molar-refractivity contribution is 0.675. The van der Waals surface area contributed by atoms with Gasteiger partial charge in [-0.05, 0) is 19.0 Å². The van der Waals surface area contributed by atoms with Gasteiger partial charge in [-0.2, -0.15) is 0 Å². The molecule has 0 amide bonds. The minimum absolute atomic E-state index is 0.813. The van der Waals surface area contributed by atoms with E-state index < -0.39 is 0 Å². The number of nitrogens with one attached hydrogen (secondary N) is 1. The largest absolute Gasteiger partial charge is 0.398 e. The Hall–Kier alpha value is -1.09. The molecule has 1 heterocycles. The van der Waals surface area contributed by atoms with Gasteiger partial charge in [0.25, 0.3) is 0 Å². The van der Waals surface area contributed by atoms with Crippen LogP contribution in [0.1, 0.15) is 18.9 Å². The third kappa shape index (κ3) is 2.51. The fourth-order valence-corrected chi connectivity index (χ4v) is 0.985. The lowest BCUT2D eigenvalue weighted by Gasteiger charge is -2.04. The molecule has 0 saturated heterocycles. The Morgan fingerprint density at radius 2 is 2.42 bits per heavy atom. The van der Waals surface area contributed by atoms with Crippen LogP contribution in [0.4, 0.5) is 5.69 Å². The minimum atomic E-state index is 0.813. The zero-order valence-electron chi connectivity index (χ0n) is 7.38. The highest BCUT2D eigenvalue weighted by molar-refractivity contribution is 5.44. The highest BCUT2D eigenvalue weighted by Crippen LogP contribution is 2.07. The molecule has 0 aliphatic carbocycles. The lowest BCUT2D eigenvalue weighted by atomic mass is 10.2. The second-order valence-corrected chi connectivity index (χ2v) is 2.75. The van der Waals surface area contributed by atoms with E-state index in [1.165, 1.54) is 0 Å². The van der Waals surface area contributed by atoms with Gasteiger partial charge in [-0.25, -0.2) is 0 Å². The zero-order valence-corrected chi connectivity index (χ0v) is 7.38. The maximum absolute atomic E-state index is 5.72. The smallest absolute Gasteiger partial charge is 0.0390 e. The van der Waals surface area contributed by atoms with Crippen LogP contribution in [0, 0.1) is 0 Å². The van der Waals surface area contributed by atoms with Crippen molar-refractivity contribution in [1.29, 1.82) is 0 Å². The molecule has 0 radical (unpaired) electrons. The molecule has 3 heteroatoms. The van der Waals surface area contributed by atoms with Gasteiger partial charge in [0.05, 0.1) is 0 Å². The van der Waals surface area contributed by atoms with E-state index in [0.717, 1.165) is 30.8 Å². The van der Waals surface area contributed by atoms with Crippen molar-refractivity contribution >= 4 is 5.69 Å². The number of nitrogens with zero attached hydrogens (tertiary/aromatic N) is 1. The molecule has 0 aliphatic heterocycles. The van der Waals surface area contributed by atoms with Crippen molar-refractivity contribution in [3.63, 3.8) is 0 Å². The number of nitrogens with two attached hydrogens (primary N) is 1. The summed E-state index contributed by atoms with van der Waals surface area (Å²) in [5.74, 6) is 0. The van der Waals surface area contributed by atoms with Gasteiger partial charge in [0.2, 0.25) is 0 Å². The number of anilines is 1. The van der Waals surface area contributed by atoms with E-state index in [9.17, 15) is 0 Å². The topological polar surface area (TPSA) is 50.9 Å². The molecule has 1 aromatic heterocycles. The second kappa shape index (κ2) is 4.72. The predicted octanol–water partition coefficient (Wildman–Crippen LogP) is 1.16. The van der Waals surface area contributed by atoms with Crippen LogP contribution < -0.4 is 11.1 Å². The number of nitrogen functional groups attached to an aromatic ring is 1. The molecular formula is C9H15N3. The number of pyridine rings is 1. The summed E-state index contributed by atoms with van der Waals surface area (Å²) in [6.45, 7) is 3.97. The molecule has 0 unspecified atom stereocenters. The molecule has 1 aromatic rings. The van der Waals surface area contributed by atoms with Crippen LogP contribution in [0.2, 0.25) is 0 Å². The molecule has 0 fully saturated rings. The first-order chi connectivity index (χ1) is 5.84. The third-order valence-corrected chi connectivity index (χ3v) is 1.68. The molecule has 3 N–H and O–H groups in total. The average Bonchev–Trinajstić information content (AvgIpc) is 2.09. The normalized spacial score (nSPS) is 10.1. The van der Waals surface area contributed by atoms with Crippen molar-refractivity contribution in [3.8, 4) is 0 Å². The van der Waals surface area contributed by atoms with E-state index in [1.807, 2.05) is 6.07 Å². The SMILES string of the molecule is CCCNCc1cnccc1N. The zero-order chi connectivity index (χ0) is 8.81. The molecule has 0 atom stereocenters. The van der Waals surface area contributed by atoms with E-state index in [2.05, 4.69) is 17.2 Å². The Balaban J connectivity index is 2.46. The van der Waals surface area contributed by atoms with E-state index in [4.69, 9.17) is 5.73 Å². The second-order valence-electron chi connectivity index (χ2n) is 2.75. The van der Waals surface area contributed by atoms with Gasteiger partial charge in [0.15, 0.2) is 0 Å². The standard InChI is InChI=1S/C9H15N3/c1-2-4-11-6-8-7-12-5-3-9(8)10/h3,5,7,11H,2,4,6H2,1H3,(H2,10,12). The van der Waals surface area contributed by atoms with Gasteiger partial charge in [0, 0.05) is 30.2 Å².